The molecule has 1 radical (unpaired) electrons. The molecule has 1 aliphatic rings. The Hall–Kier alpha value is 0.109. The number of hydrogen-bond donors (Lipinski definition) is 1. The molecule has 0 aromatic rings. The van der Waals surface area contributed by atoms with Gasteiger partial charge in [0.05, 0.1) is 0 Å². The first-order valence-electron chi connectivity index (χ1n) is 2.85. The molecule has 0 spiro atoms. The zero-order valence-electron chi connectivity index (χ0n) is 5.04. The van der Waals surface area contributed by atoms with Gasteiger partial charge in [0.15, 0.2) is 0 Å². The van der Waals surface area contributed by atoms with Crippen LogP contribution in [-0.4, -0.2) is 45.9 Å². The summed E-state index contributed by atoms with van der Waals surface area (Å²) in [6.07, 6.45) is 0.0266. The summed E-state index contributed by atoms with van der Waals surface area (Å²) in [6, 6.07) is 0. The Morgan fingerprint density at radius 1 is 1.78 bits per heavy atom. The van der Waals surface area contributed by atoms with E-state index in [9.17, 15) is 0 Å². The van der Waals surface area contributed by atoms with Gasteiger partial charge < -0.3 is 0 Å². The first-order chi connectivity index (χ1) is 4.30. The number of morpholine rings is 1. The maximum atomic E-state index is 5.44. The minimum atomic E-state index is 0.0266. The van der Waals surface area contributed by atoms with E-state index in [2.05, 4.69) is 20.9 Å². The van der Waals surface area contributed by atoms with E-state index >= 15 is 0 Å². The number of nitrogens with zero attached hydrogens (tertiary/aromatic N) is 1. The van der Waals surface area contributed by atoms with E-state index in [1.807, 2.05) is 0 Å². The van der Waals surface area contributed by atoms with Crippen molar-refractivity contribution in [1.82, 2.24) is 5.32 Å². The van der Waals surface area contributed by atoms with Crippen molar-refractivity contribution in [3.63, 3.8) is 0 Å². The molecule has 1 atom stereocenters. The summed E-state index contributed by atoms with van der Waals surface area (Å²) in [6.45, 7) is 2.22. The second-order valence-corrected chi connectivity index (χ2v) is 2.88. The molecule has 1 heterocycles. The van der Waals surface area contributed by atoms with Crippen molar-refractivity contribution in [2.75, 3.05) is 19.7 Å². The molecule has 3 nitrogen and oxygen atoms in total. The Morgan fingerprint density at radius 3 is 2.89 bits per heavy atom. The quantitative estimate of drug-likeness (QED) is 0.501. The van der Waals surface area contributed by atoms with Crippen molar-refractivity contribution < 1.29 is 4.74 Å². The van der Waals surface area contributed by atoms with Gasteiger partial charge in [0.2, 0.25) is 0 Å². The molecule has 0 aromatic heterocycles. The molecule has 51 valence electrons. The normalized spacial score (nSPS) is 27.8. The summed E-state index contributed by atoms with van der Waals surface area (Å²) in [7, 11) is 0. The van der Waals surface area contributed by atoms with Crippen LogP contribution in [0.4, 0.5) is 0 Å². The van der Waals surface area contributed by atoms with Gasteiger partial charge >= 0.3 is 61.7 Å². The summed E-state index contributed by atoms with van der Waals surface area (Å²) in [5.41, 5.74) is 5.44. The third-order valence-corrected chi connectivity index (χ3v) is 1.73. The Morgan fingerprint density at radius 2 is 2.56 bits per heavy atom. The molecule has 2 N–H and O–H groups in total. The predicted molar refractivity (Wildman–Crippen MR) is 36.6 cm³/mol. The van der Waals surface area contributed by atoms with E-state index in [1.165, 1.54) is 0 Å². The summed E-state index contributed by atoms with van der Waals surface area (Å²) in [5.74, 6) is 0. The molecule has 1 fully saturated rings. The average Bonchev–Trinajstić information content (AvgIpc) is 1.90. The van der Waals surface area contributed by atoms with E-state index in [-0.39, 0.29) is 6.10 Å². The fourth-order valence-corrected chi connectivity index (χ4v) is 0.992. The number of hydrogen-bond acceptors (Lipinski definition) is 2. The van der Waals surface area contributed by atoms with Gasteiger partial charge in [-0.2, -0.15) is 0 Å². The predicted octanol–water partition coefficient (Wildman–Crippen LogP) is -1.75. The van der Waals surface area contributed by atoms with Crippen LogP contribution in [0.15, 0.2) is 0 Å². The van der Waals surface area contributed by atoms with Crippen LogP contribution in [0.25, 0.3) is 0 Å². The van der Waals surface area contributed by atoms with E-state index in [4.69, 9.17) is 10.5 Å². The molecule has 1 saturated heterocycles. The van der Waals surface area contributed by atoms with Gasteiger partial charge in [-0.05, 0) is 0 Å². The molecular formula is C5H9N2OSe. The van der Waals surface area contributed by atoms with E-state index in [0.29, 0.717) is 17.7 Å². The average molecular weight is 192 g/mol. The first kappa shape index (κ1) is 7.22. The van der Waals surface area contributed by atoms with Crippen LogP contribution in [-0.2, 0) is 4.74 Å². The van der Waals surface area contributed by atoms with Crippen LogP contribution in [0.2, 0.25) is 0 Å². The third-order valence-electron chi connectivity index (χ3n) is 1.18. The zero-order valence-corrected chi connectivity index (χ0v) is 6.75. The molecule has 1 unspecified atom stereocenters. The molecule has 1 aliphatic heterocycles. The molecule has 0 bridgehead atoms. The third kappa shape index (κ3) is 2.06. The zero-order chi connectivity index (χ0) is 6.69. The van der Waals surface area contributed by atoms with Crippen LogP contribution in [0, 0.1) is 0 Å². The van der Waals surface area contributed by atoms with Crippen molar-refractivity contribution in [2.24, 2.45) is 5.73 Å². The Labute approximate surface area is 62.3 Å². The summed E-state index contributed by atoms with van der Waals surface area (Å²) < 4.78 is 5.96. The Bertz CT molecular complexity index is 112. The first-order valence-corrected chi connectivity index (χ1v) is 3.70. The van der Waals surface area contributed by atoms with Crippen molar-refractivity contribution in [2.45, 2.75) is 6.10 Å². The summed E-state index contributed by atoms with van der Waals surface area (Å²) in [5, 5.41) is 4.13. The van der Waals surface area contributed by atoms with Gasteiger partial charge in [0.25, 0.3) is 0 Å². The maximum absolute atomic E-state index is 5.44. The van der Waals surface area contributed by atoms with Crippen LogP contribution >= 0.6 is 0 Å². The van der Waals surface area contributed by atoms with Crippen molar-refractivity contribution in [1.29, 1.82) is 0 Å². The van der Waals surface area contributed by atoms with E-state index in [0.717, 1.165) is 6.54 Å². The van der Waals surface area contributed by atoms with Gasteiger partial charge in [-0.1, -0.05) is 0 Å². The van der Waals surface area contributed by atoms with Crippen molar-refractivity contribution in [3.05, 3.63) is 0 Å². The van der Waals surface area contributed by atoms with Crippen LogP contribution in [0.1, 0.15) is 0 Å². The topological polar surface area (TPSA) is 49.4 Å². The van der Waals surface area contributed by atoms with Crippen LogP contribution in [0.5, 0.6) is 0 Å². The Kier molecular flexibility index (Phi) is 2.66. The van der Waals surface area contributed by atoms with E-state index in [1.54, 1.807) is 0 Å². The molecule has 9 heavy (non-hydrogen) atoms. The molecule has 0 saturated carbocycles. The summed E-state index contributed by atoms with van der Waals surface area (Å²) in [4.78, 5) is 0. The monoisotopic (exact) mass is 193 g/mol. The number of rotatable bonds is 1. The molecule has 1 rings (SSSR count). The van der Waals surface area contributed by atoms with Crippen LogP contribution in [0.3, 0.4) is 0 Å². The summed E-state index contributed by atoms with van der Waals surface area (Å²) >= 11 is 2.72. The second-order valence-electron chi connectivity index (χ2n) is 1.89. The number of nitrogens with two attached hydrogens (primary N) is 1. The van der Waals surface area contributed by atoms with Gasteiger partial charge in [-0.3, -0.25) is 0 Å². The van der Waals surface area contributed by atoms with Crippen LogP contribution < -0.4 is 11.1 Å². The fourth-order valence-electron chi connectivity index (χ4n) is 0.693. The van der Waals surface area contributed by atoms with Crippen molar-refractivity contribution in [3.8, 4) is 0 Å². The Balaban J connectivity index is 2.31. The standard InChI is InChI=1S/C5H9N2OSe/c6-5(9)4-3-7-1-2-8-4/h4H,1-3H2,(H2,6,9). The molecule has 4 heteroatoms. The van der Waals surface area contributed by atoms with Gasteiger partial charge in [-0.15, -0.1) is 0 Å². The number of ether oxygens (including phenoxy) is 1. The molecule has 0 aromatic carbocycles. The molecular weight excluding hydrogens is 183 g/mol. The minimum absolute atomic E-state index is 0.0266. The second kappa shape index (κ2) is 3.32. The molecule has 0 amide bonds. The van der Waals surface area contributed by atoms with Gasteiger partial charge in [0, 0.05) is 0 Å². The van der Waals surface area contributed by atoms with Crippen molar-refractivity contribution >= 4 is 20.1 Å². The van der Waals surface area contributed by atoms with E-state index < -0.39 is 0 Å². The van der Waals surface area contributed by atoms with Gasteiger partial charge in [0.1, 0.15) is 0 Å². The SMILES string of the molecule is NC(=[Se])C1C[N]CCO1. The van der Waals surface area contributed by atoms with Gasteiger partial charge in [-0.25, -0.2) is 0 Å². The fraction of sp³-hybridized carbons (Fsp3) is 0.800. The molecule has 0 aliphatic carbocycles.